The lowest BCUT2D eigenvalue weighted by molar-refractivity contribution is -0.124. The number of sulfonamides is 1. The zero-order chi connectivity index (χ0) is 28.4. The Morgan fingerprint density at radius 2 is 1.60 bits per heavy atom. The van der Waals surface area contributed by atoms with E-state index >= 15 is 0 Å². The predicted molar refractivity (Wildman–Crippen MR) is 163 cm³/mol. The van der Waals surface area contributed by atoms with Crippen LogP contribution in [0.5, 0.6) is 5.75 Å². The third-order valence-corrected chi connectivity index (χ3v) is 8.86. The summed E-state index contributed by atoms with van der Waals surface area (Å²) in [5.41, 5.74) is 3.45. The van der Waals surface area contributed by atoms with Crippen LogP contribution in [0.1, 0.15) is 37.7 Å². The monoisotopic (exact) mass is 674 g/mol. The fourth-order valence-electron chi connectivity index (χ4n) is 4.30. The van der Waals surface area contributed by atoms with Gasteiger partial charge in [0, 0.05) is 9.61 Å². The Labute approximate surface area is 248 Å². The fraction of sp³-hybridized carbons (Fsp3) is 0.276. The number of nitrogens with zero attached hydrogens (tertiary/aromatic N) is 2. The molecule has 2 amide bonds. The Morgan fingerprint density at radius 3 is 2.27 bits per heavy atom. The van der Waals surface area contributed by atoms with Crippen molar-refractivity contribution in [2.75, 3.05) is 17.5 Å². The van der Waals surface area contributed by atoms with Gasteiger partial charge in [0.2, 0.25) is 0 Å². The standard InChI is InChI=1S/C29H31IN4O5S/c30-23-13-15-25(16-14-23)34(40(37,38)27-9-5-2-6-10-27)20-28(35)33-31-19-22-11-17-26(18-12-22)39-21-29(36)32-24-7-3-1-4-8-24/h2,5-6,9-19,24H,1,3-4,7-8,20-21H2,(H,32,36)(H,33,35)/b31-19-. The van der Waals surface area contributed by atoms with Gasteiger partial charge in [0.05, 0.1) is 16.8 Å². The summed E-state index contributed by atoms with van der Waals surface area (Å²) in [5, 5.41) is 6.99. The van der Waals surface area contributed by atoms with Crippen molar-refractivity contribution in [3.05, 3.63) is 88.0 Å². The molecule has 0 saturated heterocycles. The zero-order valence-corrected chi connectivity index (χ0v) is 24.8. The molecule has 0 aromatic heterocycles. The van der Waals surface area contributed by atoms with Gasteiger partial charge in [0.15, 0.2) is 6.61 Å². The second kappa shape index (κ2) is 14.3. The Balaban J connectivity index is 1.32. The number of benzene rings is 3. The molecule has 2 N–H and O–H groups in total. The molecule has 0 atom stereocenters. The van der Waals surface area contributed by atoms with Crippen molar-refractivity contribution in [3.8, 4) is 5.75 Å². The lowest BCUT2D eigenvalue weighted by Gasteiger charge is -2.23. The molecule has 0 unspecified atom stereocenters. The van der Waals surface area contributed by atoms with E-state index < -0.39 is 22.5 Å². The highest BCUT2D eigenvalue weighted by Gasteiger charge is 2.27. The Morgan fingerprint density at radius 1 is 0.925 bits per heavy atom. The Hall–Kier alpha value is -3.45. The first kappa shape index (κ1) is 29.5. The fourth-order valence-corrected chi connectivity index (χ4v) is 6.10. The molecule has 4 rings (SSSR count). The summed E-state index contributed by atoms with van der Waals surface area (Å²) < 4.78 is 34.3. The largest absolute Gasteiger partial charge is 0.484 e. The van der Waals surface area contributed by atoms with E-state index in [9.17, 15) is 18.0 Å². The first-order chi connectivity index (χ1) is 19.3. The first-order valence-electron chi connectivity index (χ1n) is 13.0. The van der Waals surface area contributed by atoms with E-state index in [4.69, 9.17) is 4.74 Å². The molecule has 0 aliphatic heterocycles. The van der Waals surface area contributed by atoms with Crippen LogP contribution in [-0.2, 0) is 19.6 Å². The third kappa shape index (κ3) is 8.52. The molecule has 0 bridgehead atoms. The van der Waals surface area contributed by atoms with Crippen LogP contribution in [0.15, 0.2) is 88.9 Å². The molecular weight excluding hydrogens is 643 g/mol. The van der Waals surface area contributed by atoms with E-state index in [1.54, 1.807) is 66.7 Å². The number of amides is 2. The minimum atomic E-state index is -3.99. The second-order valence-corrected chi connectivity index (χ2v) is 12.5. The van der Waals surface area contributed by atoms with E-state index in [1.165, 1.54) is 24.8 Å². The molecule has 0 radical (unpaired) electrons. The molecule has 1 aliphatic rings. The van der Waals surface area contributed by atoms with E-state index in [1.807, 2.05) is 0 Å². The number of halogens is 1. The summed E-state index contributed by atoms with van der Waals surface area (Å²) in [7, 11) is -3.99. The van der Waals surface area contributed by atoms with Gasteiger partial charge in [-0.3, -0.25) is 13.9 Å². The summed E-state index contributed by atoms with van der Waals surface area (Å²) in [6, 6.07) is 22.0. The van der Waals surface area contributed by atoms with Crippen LogP contribution in [0.3, 0.4) is 0 Å². The summed E-state index contributed by atoms with van der Waals surface area (Å²) in [5.74, 6) is -0.189. The maximum absolute atomic E-state index is 13.3. The number of hydrogen-bond donors (Lipinski definition) is 2. The summed E-state index contributed by atoms with van der Waals surface area (Å²) in [6.45, 7) is -0.506. The van der Waals surface area contributed by atoms with Gasteiger partial charge in [-0.05, 0) is 102 Å². The average molecular weight is 675 g/mol. The Kier molecular flexibility index (Phi) is 10.5. The molecule has 1 aliphatic carbocycles. The van der Waals surface area contributed by atoms with Crippen LogP contribution in [0, 0.1) is 3.57 Å². The van der Waals surface area contributed by atoms with Crippen LogP contribution in [0.25, 0.3) is 0 Å². The van der Waals surface area contributed by atoms with Gasteiger partial charge in [0.25, 0.3) is 21.8 Å². The van der Waals surface area contributed by atoms with Gasteiger partial charge < -0.3 is 10.1 Å². The van der Waals surface area contributed by atoms with Crippen molar-refractivity contribution in [1.29, 1.82) is 0 Å². The maximum Gasteiger partial charge on any atom is 0.264 e. The predicted octanol–water partition coefficient (Wildman–Crippen LogP) is 4.46. The van der Waals surface area contributed by atoms with Gasteiger partial charge in [-0.1, -0.05) is 37.5 Å². The number of hydrazone groups is 1. The first-order valence-corrected chi connectivity index (χ1v) is 15.5. The van der Waals surface area contributed by atoms with Crippen LogP contribution in [0.4, 0.5) is 5.69 Å². The lowest BCUT2D eigenvalue weighted by atomic mass is 9.95. The normalized spacial score (nSPS) is 14.0. The van der Waals surface area contributed by atoms with Crippen molar-refractivity contribution < 1.29 is 22.7 Å². The third-order valence-electron chi connectivity index (χ3n) is 6.36. The van der Waals surface area contributed by atoms with Gasteiger partial charge in [-0.2, -0.15) is 5.10 Å². The minimum Gasteiger partial charge on any atom is -0.484 e. The molecule has 3 aromatic carbocycles. The van der Waals surface area contributed by atoms with Crippen LogP contribution >= 0.6 is 22.6 Å². The smallest absolute Gasteiger partial charge is 0.264 e. The number of carbonyl (C=O) groups excluding carboxylic acids is 2. The highest BCUT2D eigenvalue weighted by Crippen LogP contribution is 2.24. The van der Waals surface area contributed by atoms with Gasteiger partial charge in [-0.25, -0.2) is 13.8 Å². The van der Waals surface area contributed by atoms with Gasteiger partial charge in [0.1, 0.15) is 12.3 Å². The number of rotatable bonds is 11. The molecular formula is C29H31IN4O5S. The zero-order valence-electron chi connectivity index (χ0n) is 21.8. The molecule has 40 heavy (non-hydrogen) atoms. The van der Waals surface area contributed by atoms with E-state index in [2.05, 4.69) is 38.4 Å². The number of hydrogen-bond acceptors (Lipinski definition) is 6. The lowest BCUT2D eigenvalue weighted by Crippen LogP contribution is -2.39. The van der Waals surface area contributed by atoms with Crippen molar-refractivity contribution in [3.63, 3.8) is 0 Å². The number of anilines is 1. The highest BCUT2D eigenvalue weighted by molar-refractivity contribution is 14.1. The summed E-state index contributed by atoms with van der Waals surface area (Å²) in [4.78, 5) is 24.9. The second-order valence-electron chi connectivity index (χ2n) is 9.35. The topological polar surface area (TPSA) is 117 Å². The van der Waals surface area contributed by atoms with E-state index in [0.29, 0.717) is 17.0 Å². The number of carbonyl (C=O) groups is 2. The van der Waals surface area contributed by atoms with Crippen LogP contribution < -0.4 is 19.8 Å². The Bertz CT molecular complexity index is 1410. The quantitative estimate of drug-likeness (QED) is 0.177. The number of ether oxygens (including phenoxy) is 1. The number of nitrogens with one attached hydrogen (secondary N) is 2. The molecule has 9 nitrogen and oxygen atoms in total. The summed E-state index contributed by atoms with van der Waals surface area (Å²) >= 11 is 2.13. The van der Waals surface area contributed by atoms with Gasteiger partial charge >= 0.3 is 0 Å². The summed E-state index contributed by atoms with van der Waals surface area (Å²) in [6.07, 6.45) is 6.99. The van der Waals surface area contributed by atoms with E-state index in [-0.39, 0.29) is 23.5 Å². The highest BCUT2D eigenvalue weighted by atomic mass is 127. The van der Waals surface area contributed by atoms with Crippen LogP contribution in [0.2, 0.25) is 0 Å². The maximum atomic E-state index is 13.3. The molecule has 1 fully saturated rings. The molecule has 3 aromatic rings. The molecule has 210 valence electrons. The van der Waals surface area contributed by atoms with Crippen molar-refractivity contribution >= 4 is 56.3 Å². The van der Waals surface area contributed by atoms with E-state index in [0.717, 1.165) is 33.6 Å². The van der Waals surface area contributed by atoms with Crippen LogP contribution in [-0.4, -0.2) is 45.6 Å². The average Bonchev–Trinajstić information content (AvgIpc) is 2.97. The molecule has 0 heterocycles. The molecule has 0 spiro atoms. The van der Waals surface area contributed by atoms with Crippen molar-refractivity contribution in [2.24, 2.45) is 5.10 Å². The van der Waals surface area contributed by atoms with Crippen molar-refractivity contribution in [1.82, 2.24) is 10.7 Å². The van der Waals surface area contributed by atoms with Crippen molar-refractivity contribution in [2.45, 2.75) is 43.0 Å². The van der Waals surface area contributed by atoms with Gasteiger partial charge in [-0.15, -0.1) is 0 Å². The molecule has 1 saturated carbocycles. The SMILES string of the molecule is O=C(CN(c1ccc(I)cc1)S(=O)(=O)c1ccccc1)N/N=C\c1ccc(OCC(=O)NC2CCCCC2)cc1. The molecule has 11 heteroatoms. The minimum absolute atomic E-state index is 0.0526.